The second-order valence-electron chi connectivity index (χ2n) is 3.91. The van der Waals surface area contributed by atoms with Gasteiger partial charge in [0, 0.05) is 6.20 Å². The van der Waals surface area contributed by atoms with Crippen molar-refractivity contribution in [3.05, 3.63) is 29.8 Å². The van der Waals surface area contributed by atoms with Crippen LogP contribution < -0.4 is 0 Å². The Morgan fingerprint density at radius 1 is 1.62 bits per heavy atom. The maximum atomic E-state index is 12.7. The molecule has 0 unspecified atom stereocenters. The molecule has 2 rings (SSSR count). The number of pyridine rings is 1. The van der Waals surface area contributed by atoms with E-state index in [-0.39, 0.29) is 0 Å². The van der Waals surface area contributed by atoms with Crippen molar-refractivity contribution in [1.29, 1.82) is 0 Å². The molecule has 1 heterocycles. The van der Waals surface area contributed by atoms with Crippen molar-refractivity contribution >= 4 is 0 Å². The summed E-state index contributed by atoms with van der Waals surface area (Å²) in [6.07, 6.45) is 2.83. The first-order chi connectivity index (χ1) is 6.10. The Bertz CT molecular complexity index is 320. The molecular weight excluding hydrogens is 169 g/mol. The SMILES string of the molecule is C[C@H]1C[C@](O)(c2ccnc(F)c2)C1. The first-order valence-corrected chi connectivity index (χ1v) is 4.44. The number of aliphatic hydroxyl groups is 1. The van der Waals surface area contributed by atoms with Crippen LogP contribution in [0.15, 0.2) is 18.3 Å². The van der Waals surface area contributed by atoms with Gasteiger partial charge in [0.2, 0.25) is 5.95 Å². The van der Waals surface area contributed by atoms with E-state index >= 15 is 0 Å². The molecule has 0 aliphatic heterocycles. The van der Waals surface area contributed by atoms with E-state index in [1.807, 2.05) is 0 Å². The van der Waals surface area contributed by atoms with Gasteiger partial charge in [0.1, 0.15) is 0 Å². The molecule has 1 aliphatic carbocycles. The zero-order valence-corrected chi connectivity index (χ0v) is 7.50. The molecule has 0 amide bonds. The van der Waals surface area contributed by atoms with Crippen molar-refractivity contribution in [3.8, 4) is 0 Å². The van der Waals surface area contributed by atoms with E-state index in [1.54, 1.807) is 6.07 Å². The molecule has 13 heavy (non-hydrogen) atoms. The minimum Gasteiger partial charge on any atom is -0.385 e. The van der Waals surface area contributed by atoms with Crippen LogP contribution in [-0.2, 0) is 5.60 Å². The van der Waals surface area contributed by atoms with Gasteiger partial charge < -0.3 is 5.11 Å². The summed E-state index contributed by atoms with van der Waals surface area (Å²) in [4.78, 5) is 3.45. The van der Waals surface area contributed by atoms with Gasteiger partial charge in [-0.25, -0.2) is 4.98 Å². The van der Waals surface area contributed by atoms with Crippen molar-refractivity contribution in [2.75, 3.05) is 0 Å². The quantitative estimate of drug-likeness (QED) is 0.670. The Hall–Kier alpha value is -0.960. The lowest BCUT2D eigenvalue weighted by atomic mass is 9.68. The normalized spacial score (nSPS) is 32.7. The predicted molar refractivity (Wildman–Crippen MR) is 46.5 cm³/mol. The lowest BCUT2D eigenvalue weighted by Crippen LogP contribution is -2.39. The number of aromatic nitrogens is 1. The first kappa shape index (κ1) is 8.63. The van der Waals surface area contributed by atoms with E-state index in [0.717, 1.165) is 12.8 Å². The van der Waals surface area contributed by atoms with E-state index in [4.69, 9.17) is 0 Å². The van der Waals surface area contributed by atoms with Crippen LogP contribution in [0.3, 0.4) is 0 Å². The van der Waals surface area contributed by atoms with E-state index in [9.17, 15) is 9.50 Å². The van der Waals surface area contributed by atoms with Gasteiger partial charge in [-0.15, -0.1) is 0 Å². The zero-order valence-electron chi connectivity index (χ0n) is 7.50. The maximum Gasteiger partial charge on any atom is 0.213 e. The van der Waals surface area contributed by atoms with Crippen molar-refractivity contribution in [3.63, 3.8) is 0 Å². The maximum absolute atomic E-state index is 12.7. The summed E-state index contributed by atoms with van der Waals surface area (Å²) in [5, 5.41) is 9.98. The van der Waals surface area contributed by atoms with Gasteiger partial charge in [-0.1, -0.05) is 6.92 Å². The average molecular weight is 181 g/mol. The molecule has 0 atom stereocenters. The van der Waals surface area contributed by atoms with Crippen LogP contribution in [0.5, 0.6) is 0 Å². The highest BCUT2D eigenvalue weighted by molar-refractivity contribution is 5.22. The summed E-state index contributed by atoms with van der Waals surface area (Å²) < 4.78 is 12.7. The summed E-state index contributed by atoms with van der Waals surface area (Å²) in [6.45, 7) is 2.08. The van der Waals surface area contributed by atoms with Crippen molar-refractivity contribution in [1.82, 2.24) is 4.98 Å². The Kier molecular flexibility index (Phi) is 1.84. The fraction of sp³-hybridized carbons (Fsp3) is 0.500. The van der Waals surface area contributed by atoms with Gasteiger partial charge in [0.05, 0.1) is 5.60 Å². The topological polar surface area (TPSA) is 33.1 Å². The molecule has 0 spiro atoms. The van der Waals surface area contributed by atoms with Crippen molar-refractivity contribution in [2.45, 2.75) is 25.4 Å². The van der Waals surface area contributed by atoms with Gasteiger partial charge in [-0.05, 0) is 36.5 Å². The van der Waals surface area contributed by atoms with E-state index in [2.05, 4.69) is 11.9 Å². The van der Waals surface area contributed by atoms with Crippen LogP contribution in [0.25, 0.3) is 0 Å². The Morgan fingerprint density at radius 2 is 2.31 bits per heavy atom. The molecule has 1 aromatic rings. The second-order valence-corrected chi connectivity index (χ2v) is 3.91. The molecule has 1 fully saturated rings. The third-order valence-electron chi connectivity index (χ3n) is 2.64. The summed E-state index contributed by atoms with van der Waals surface area (Å²) in [6, 6.07) is 2.99. The number of hydrogen-bond acceptors (Lipinski definition) is 2. The molecule has 1 saturated carbocycles. The fourth-order valence-electron chi connectivity index (χ4n) is 2.02. The number of rotatable bonds is 1. The smallest absolute Gasteiger partial charge is 0.213 e. The molecule has 1 aromatic heterocycles. The zero-order chi connectivity index (χ0) is 9.47. The molecule has 3 heteroatoms. The fourth-order valence-corrected chi connectivity index (χ4v) is 2.02. The van der Waals surface area contributed by atoms with Gasteiger partial charge in [0.15, 0.2) is 0 Å². The standard InChI is InChI=1S/C10H12FNO/c1-7-5-10(13,6-7)8-2-3-12-9(11)4-8/h2-4,7,13H,5-6H2,1H3/t7-,10+. The molecule has 0 saturated heterocycles. The van der Waals surface area contributed by atoms with Crippen LogP contribution in [0.2, 0.25) is 0 Å². The first-order valence-electron chi connectivity index (χ1n) is 4.44. The van der Waals surface area contributed by atoms with Gasteiger partial charge >= 0.3 is 0 Å². The van der Waals surface area contributed by atoms with Crippen LogP contribution >= 0.6 is 0 Å². The summed E-state index contributed by atoms with van der Waals surface area (Å²) in [5.74, 6) is 0.00621. The summed E-state index contributed by atoms with van der Waals surface area (Å²) in [7, 11) is 0. The van der Waals surface area contributed by atoms with Crippen LogP contribution in [0.1, 0.15) is 25.3 Å². The Morgan fingerprint density at radius 3 is 2.85 bits per heavy atom. The predicted octanol–water partition coefficient (Wildman–Crippen LogP) is 1.84. The largest absolute Gasteiger partial charge is 0.385 e. The van der Waals surface area contributed by atoms with Crippen molar-refractivity contribution < 1.29 is 9.50 Å². The minimum atomic E-state index is -0.802. The average Bonchev–Trinajstić information content (AvgIpc) is 2.02. The van der Waals surface area contributed by atoms with Crippen LogP contribution in [0.4, 0.5) is 4.39 Å². The van der Waals surface area contributed by atoms with E-state index in [1.165, 1.54) is 12.3 Å². The van der Waals surface area contributed by atoms with Crippen LogP contribution in [-0.4, -0.2) is 10.1 Å². The number of halogens is 1. The third-order valence-corrected chi connectivity index (χ3v) is 2.64. The molecule has 1 aliphatic rings. The molecule has 70 valence electrons. The molecule has 2 nitrogen and oxygen atoms in total. The van der Waals surface area contributed by atoms with Gasteiger partial charge in [0.25, 0.3) is 0 Å². The van der Waals surface area contributed by atoms with Gasteiger partial charge in [-0.3, -0.25) is 0 Å². The number of nitrogens with zero attached hydrogens (tertiary/aromatic N) is 1. The lowest BCUT2D eigenvalue weighted by molar-refractivity contribution is -0.0741. The van der Waals surface area contributed by atoms with E-state index in [0.29, 0.717) is 11.5 Å². The molecule has 0 radical (unpaired) electrons. The molecular formula is C10H12FNO. The minimum absolute atomic E-state index is 0.523. The van der Waals surface area contributed by atoms with Gasteiger partial charge in [-0.2, -0.15) is 4.39 Å². The molecule has 1 N–H and O–H groups in total. The molecule has 0 aromatic carbocycles. The Balaban J connectivity index is 2.26. The lowest BCUT2D eigenvalue weighted by Gasteiger charge is -2.42. The Labute approximate surface area is 76.4 Å². The summed E-state index contributed by atoms with van der Waals surface area (Å²) in [5.41, 5.74) is -0.151. The summed E-state index contributed by atoms with van der Waals surface area (Å²) >= 11 is 0. The van der Waals surface area contributed by atoms with E-state index < -0.39 is 11.5 Å². The number of hydrogen-bond donors (Lipinski definition) is 1. The third kappa shape index (κ3) is 1.44. The highest BCUT2D eigenvalue weighted by atomic mass is 19.1. The molecule has 0 bridgehead atoms. The van der Waals surface area contributed by atoms with Crippen LogP contribution in [0, 0.1) is 11.9 Å². The monoisotopic (exact) mass is 181 g/mol. The second kappa shape index (κ2) is 2.77. The highest BCUT2D eigenvalue weighted by Gasteiger charge is 2.41. The highest BCUT2D eigenvalue weighted by Crippen LogP contribution is 2.45. The van der Waals surface area contributed by atoms with Crippen molar-refractivity contribution in [2.24, 2.45) is 5.92 Å².